The molecule has 43 heavy (non-hydrogen) atoms. The monoisotopic (exact) mass is 592 g/mol. The van der Waals surface area contributed by atoms with Gasteiger partial charge in [-0.3, -0.25) is 9.59 Å². The summed E-state index contributed by atoms with van der Waals surface area (Å²) in [6.45, 7) is 0. The number of ketones is 2. The van der Waals surface area contributed by atoms with E-state index in [0.29, 0.717) is 44.7 Å². The van der Waals surface area contributed by atoms with Crippen molar-refractivity contribution in [3.8, 4) is 0 Å². The van der Waals surface area contributed by atoms with Gasteiger partial charge in [0, 0.05) is 34.7 Å². The molecule has 0 saturated heterocycles. The van der Waals surface area contributed by atoms with Crippen LogP contribution in [-0.4, -0.2) is 16.7 Å². The van der Waals surface area contributed by atoms with Gasteiger partial charge in [-0.05, 0) is 76.4 Å². The minimum atomic E-state index is -0.912. The van der Waals surface area contributed by atoms with E-state index in [1.165, 1.54) is 36.4 Å². The van der Waals surface area contributed by atoms with Gasteiger partial charge in [0.15, 0.2) is 10.9 Å². The normalized spacial score (nSPS) is 21.4. The van der Waals surface area contributed by atoms with Crippen LogP contribution in [0, 0.1) is 23.4 Å². The number of Topliss-reactive ketones (excluding diaryl/α,β-unsaturated/α-hetero) is 2. The highest BCUT2D eigenvalue weighted by molar-refractivity contribution is 7.80. The lowest BCUT2D eigenvalue weighted by molar-refractivity contribution is -0.121. The van der Waals surface area contributed by atoms with Crippen molar-refractivity contribution in [2.75, 3.05) is 0 Å². The number of fused-ring (bicyclic) bond motifs is 2. The number of hydrogen-bond donors (Lipinski definition) is 2. The smallest absolute Gasteiger partial charge is 0.190 e. The number of thiocarbonyl (C=S) groups is 1. The van der Waals surface area contributed by atoms with E-state index >= 15 is 0 Å². The number of carbonyl (C=O) groups is 2. The molecule has 0 radical (unpaired) electrons. The van der Waals surface area contributed by atoms with E-state index in [2.05, 4.69) is 10.6 Å². The van der Waals surface area contributed by atoms with Crippen LogP contribution >= 0.6 is 12.2 Å². The van der Waals surface area contributed by atoms with Crippen LogP contribution in [0.25, 0.3) is 11.1 Å². The van der Waals surface area contributed by atoms with Crippen LogP contribution in [0.5, 0.6) is 0 Å². The molecule has 8 heteroatoms. The quantitative estimate of drug-likeness (QED) is 0.249. The molecule has 1 aliphatic heterocycles. The first-order valence-corrected chi connectivity index (χ1v) is 14.2. The summed E-state index contributed by atoms with van der Waals surface area (Å²) in [4.78, 5) is 28.4. The Labute approximate surface area is 250 Å². The van der Waals surface area contributed by atoms with Crippen molar-refractivity contribution < 1.29 is 22.8 Å². The Morgan fingerprint density at radius 2 is 1.21 bits per heavy atom. The van der Waals surface area contributed by atoms with Gasteiger partial charge in [-0.15, -0.1) is 0 Å². The zero-order chi connectivity index (χ0) is 29.8. The van der Waals surface area contributed by atoms with Gasteiger partial charge in [0.05, 0.1) is 12.0 Å². The largest absolute Gasteiger partial charge is 0.351 e. The zero-order valence-corrected chi connectivity index (χ0v) is 23.4. The molecule has 0 bridgehead atoms. The van der Waals surface area contributed by atoms with Crippen LogP contribution in [0.15, 0.2) is 108 Å². The van der Waals surface area contributed by atoms with E-state index in [-0.39, 0.29) is 23.1 Å². The lowest BCUT2D eigenvalue weighted by Crippen LogP contribution is -2.48. The second-order valence-corrected chi connectivity index (χ2v) is 11.2. The van der Waals surface area contributed by atoms with Crippen LogP contribution in [0.2, 0.25) is 0 Å². The Morgan fingerprint density at radius 3 is 1.84 bits per heavy atom. The number of carbonyl (C=O) groups excluding carboxylic acids is 2. The average molecular weight is 593 g/mol. The second-order valence-electron chi connectivity index (χ2n) is 10.8. The Balaban J connectivity index is 1.50. The number of hydrogen-bond acceptors (Lipinski definition) is 3. The molecule has 4 aromatic rings. The van der Waals surface area contributed by atoms with Crippen molar-refractivity contribution >= 4 is 40.0 Å². The van der Waals surface area contributed by atoms with Gasteiger partial charge in [-0.1, -0.05) is 60.7 Å². The molecule has 3 atom stereocenters. The molecule has 212 valence electrons. The maximum atomic E-state index is 14.4. The van der Waals surface area contributed by atoms with Gasteiger partial charge in [0.2, 0.25) is 0 Å². The molecule has 3 unspecified atom stereocenters. The van der Waals surface area contributed by atoms with Crippen molar-refractivity contribution in [1.29, 1.82) is 0 Å². The zero-order valence-electron chi connectivity index (χ0n) is 22.5. The number of nitrogens with one attached hydrogen (secondary N) is 2. The lowest BCUT2D eigenvalue weighted by Gasteiger charge is -2.40. The van der Waals surface area contributed by atoms with E-state index < -0.39 is 35.3 Å². The predicted molar refractivity (Wildman–Crippen MR) is 161 cm³/mol. The van der Waals surface area contributed by atoms with Crippen molar-refractivity contribution in [2.24, 2.45) is 5.92 Å². The summed E-state index contributed by atoms with van der Waals surface area (Å²) in [5.74, 6) is -3.28. The van der Waals surface area contributed by atoms with Gasteiger partial charge < -0.3 is 10.6 Å². The Morgan fingerprint density at radius 1 is 0.651 bits per heavy atom. The van der Waals surface area contributed by atoms with Gasteiger partial charge in [-0.2, -0.15) is 0 Å². The van der Waals surface area contributed by atoms with Gasteiger partial charge in [0.25, 0.3) is 0 Å². The van der Waals surface area contributed by atoms with Crippen molar-refractivity contribution in [1.82, 2.24) is 10.6 Å². The molecule has 4 aromatic carbocycles. The van der Waals surface area contributed by atoms with E-state index in [9.17, 15) is 22.8 Å². The molecule has 7 rings (SSSR count). The van der Waals surface area contributed by atoms with E-state index in [1.54, 1.807) is 48.5 Å². The molecule has 2 N–H and O–H groups in total. The molecular formula is C35H23F3N2O2S. The minimum Gasteiger partial charge on any atom is -0.351 e. The lowest BCUT2D eigenvalue weighted by atomic mass is 9.68. The highest BCUT2D eigenvalue weighted by Gasteiger charge is 2.48. The number of allylic oxidation sites excluding steroid dienone is 3. The second kappa shape index (κ2) is 10.5. The topological polar surface area (TPSA) is 58.2 Å². The van der Waals surface area contributed by atoms with E-state index in [0.717, 1.165) is 5.56 Å². The van der Waals surface area contributed by atoms with Crippen LogP contribution in [0.1, 0.15) is 51.0 Å². The average Bonchev–Trinajstić information content (AvgIpc) is 3.28. The van der Waals surface area contributed by atoms with Gasteiger partial charge in [0.1, 0.15) is 23.2 Å². The van der Waals surface area contributed by atoms with E-state index in [1.807, 2.05) is 12.1 Å². The summed E-state index contributed by atoms with van der Waals surface area (Å²) >= 11 is 5.63. The minimum absolute atomic E-state index is 0.0176. The molecule has 0 saturated carbocycles. The molecule has 1 heterocycles. The maximum absolute atomic E-state index is 14.4. The SMILES string of the molecule is O=C1C2=C(CC(=O)C(C3=C(c4ccc(F)cc4)C(c4ccc(F)cc4)NC(=S)N3)C2c2ccc(F)cc2)c2ccccc21. The third kappa shape index (κ3) is 4.58. The van der Waals surface area contributed by atoms with Crippen LogP contribution in [0.3, 0.4) is 0 Å². The highest BCUT2D eigenvalue weighted by Crippen LogP contribution is 2.52. The maximum Gasteiger partial charge on any atom is 0.190 e. The molecular weight excluding hydrogens is 569 g/mol. The van der Waals surface area contributed by atoms with E-state index in [4.69, 9.17) is 12.2 Å². The van der Waals surface area contributed by atoms with Crippen molar-refractivity contribution in [3.63, 3.8) is 0 Å². The fourth-order valence-electron chi connectivity index (χ4n) is 6.57. The van der Waals surface area contributed by atoms with Crippen LogP contribution < -0.4 is 10.6 Å². The Hall–Kier alpha value is -4.82. The first-order chi connectivity index (χ1) is 20.8. The molecule has 0 amide bonds. The van der Waals surface area contributed by atoms with Crippen molar-refractivity contribution in [2.45, 2.75) is 18.4 Å². The molecule has 3 aliphatic rings. The highest BCUT2D eigenvalue weighted by atomic mass is 32.1. The third-order valence-electron chi connectivity index (χ3n) is 8.41. The molecule has 2 aliphatic carbocycles. The number of halogens is 3. The summed E-state index contributed by atoms with van der Waals surface area (Å²) in [6.07, 6.45) is 0.0176. The van der Waals surface area contributed by atoms with Gasteiger partial charge >= 0.3 is 0 Å². The number of rotatable bonds is 4. The fraction of sp³-hybridized carbons (Fsp3) is 0.114. The standard InChI is InChI=1S/C35H23F3N2O2S/c36-21-11-5-18(6-12-21)28-30-26(24-3-1-2-4-25(24)34(30)42)17-27(41)31(28)33-29(19-7-13-22(37)14-8-19)32(39-35(43)40-33)20-9-15-23(38)16-10-20/h1-16,28,31-32H,17H2,(H2,39,40,43). The summed E-state index contributed by atoms with van der Waals surface area (Å²) < 4.78 is 42.2. The number of benzene rings is 4. The molecule has 0 fully saturated rings. The Kier molecular flexibility index (Phi) is 6.58. The summed E-state index contributed by atoms with van der Waals surface area (Å²) in [5.41, 5.74) is 5.37. The summed E-state index contributed by atoms with van der Waals surface area (Å²) in [5, 5.41) is 6.70. The fourth-order valence-corrected chi connectivity index (χ4v) is 6.80. The summed E-state index contributed by atoms with van der Waals surface area (Å²) in [6, 6.07) is 24.2. The Bertz CT molecular complexity index is 1880. The molecule has 0 spiro atoms. The van der Waals surface area contributed by atoms with Gasteiger partial charge in [-0.25, -0.2) is 13.2 Å². The molecule has 0 aromatic heterocycles. The summed E-state index contributed by atoms with van der Waals surface area (Å²) in [7, 11) is 0. The van der Waals surface area contributed by atoms with Crippen LogP contribution in [-0.2, 0) is 4.79 Å². The molecule has 4 nitrogen and oxygen atoms in total. The first-order valence-electron chi connectivity index (χ1n) is 13.8. The van der Waals surface area contributed by atoms with Crippen LogP contribution in [0.4, 0.5) is 13.2 Å². The third-order valence-corrected chi connectivity index (χ3v) is 8.63. The first kappa shape index (κ1) is 27.0. The van der Waals surface area contributed by atoms with Crippen molar-refractivity contribution in [3.05, 3.63) is 154 Å². The predicted octanol–water partition coefficient (Wildman–Crippen LogP) is 7.06.